The molecule has 0 aliphatic rings. The first kappa shape index (κ1) is 19.3. The molecule has 0 atom stereocenters. The SMILES string of the molecule is O=C(Cc1noc(CCNC(=O)c2ccc3cn[nH]c3c2)n1)NCc1ccccc1. The van der Waals surface area contributed by atoms with Crippen LogP contribution in [0.3, 0.4) is 0 Å². The van der Waals surface area contributed by atoms with E-state index in [4.69, 9.17) is 4.52 Å². The Morgan fingerprint density at radius 2 is 1.93 bits per heavy atom. The third-order valence-electron chi connectivity index (χ3n) is 4.49. The Hall–Kier alpha value is -4.01. The lowest BCUT2D eigenvalue weighted by atomic mass is 10.1. The van der Waals surface area contributed by atoms with Gasteiger partial charge in [0.1, 0.15) is 0 Å². The third-order valence-corrected chi connectivity index (χ3v) is 4.49. The minimum atomic E-state index is -0.202. The number of aromatic amines is 1. The van der Waals surface area contributed by atoms with E-state index in [0.29, 0.717) is 36.8 Å². The van der Waals surface area contributed by atoms with Crippen molar-refractivity contribution in [3.8, 4) is 0 Å². The molecule has 4 aromatic rings. The van der Waals surface area contributed by atoms with Crippen LogP contribution in [-0.2, 0) is 24.2 Å². The van der Waals surface area contributed by atoms with Crippen LogP contribution in [0.5, 0.6) is 0 Å². The summed E-state index contributed by atoms with van der Waals surface area (Å²) in [5.41, 5.74) is 2.35. The van der Waals surface area contributed by atoms with Gasteiger partial charge in [0.2, 0.25) is 11.8 Å². The molecule has 0 fully saturated rings. The average Bonchev–Trinajstić information content (AvgIpc) is 3.41. The van der Waals surface area contributed by atoms with Gasteiger partial charge in [-0.15, -0.1) is 0 Å². The molecule has 2 aromatic carbocycles. The van der Waals surface area contributed by atoms with Crippen molar-refractivity contribution in [2.24, 2.45) is 0 Å². The molecule has 2 aromatic heterocycles. The molecular weight excluding hydrogens is 384 g/mol. The minimum Gasteiger partial charge on any atom is -0.352 e. The summed E-state index contributed by atoms with van der Waals surface area (Å²) in [5.74, 6) is 0.289. The van der Waals surface area contributed by atoms with Crippen LogP contribution in [0.1, 0.15) is 27.6 Å². The molecule has 0 spiro atoms. The average molecular weight is 404 g/mol. The number of carbonyl (C=O) groups is 2. The van der Waals surface area contributed by atoms with E-state index >= 15 is 0 Å². The number of H-pyrrole nitrogens is 1. The Kier molecular flexibility index (Phi) is 5.79. The van der Waals surface area contributed by atoms with Gasteiger partial charge in [0.25, 0.3) is 5.91 Å². The van der Waals surface area contributed by atoms with E-state index in [1.54, 1.807) is 18.3 Å². The van der Waals surface area contributed by atoms with Crippen molar-refractivity contribution in [3.63, 3.8) is 0 Å². The van der Waals surface area contributed by atoms with Crippen LogP contribution in [0.4, 0.5) is 0 Å². The van der Waals surface area contributed by atoms with Gasteiger partial charge >= 0.3 is 0 Å². The molecule has 0 bridgehead atoms. The first-order valence-corrected chi connectivity index (χ1v) is 9.51. The summed E-state index contributed by atoms with van der Waals surface area (Å²) in [6.45, 7) is 0.780. The lowest BCUT2D eigenvalue weighted by Gasteiger charge is -2.03. The zero-order valence-electron chi connectivity index (χ0n) is 16.1. The highest BCUT2D eigenvalue weighted by molar-refractivity contribution is 5.97. The summed E-state index contributed by atoms with van der Waals surface area (Å²) in [4.78, 5) is 28.5. The maximum atomic E-state index is 12.3. The number of benzene rings is 2. The predicted octanol–water partition coefficient (Wildman–Crippen LogP) is 1.78. The summed E-state index contributed by atoms with van der Waals surface area (Å²) in [7, 11) is 0. The van der Waals surface area contributed by atoms with Crippen LogP contribution in [0.15, 0.2) is 59.3 Å². The van der Waals surface area contributed by atoms with E-state index in [0.717, 1.165) is 16.5 Å². The molecule has 3 N–H and O–H groups in total. The van der Waals surface area contributed by atoms with Gasteiger partial charge in [-0.2, -0.15) is 10.1 Å². The standard InChI is InChI=1S/C21H20N6O3/c28-19(23-12-14-4-2-1-3-5-14)11-18-25-20(30-27-18)8-9-22-21(29)15-6-7-16-13-24-26-17(16)10-15/h1-7,10,13H,8-9,11-12H2,(H,22,29)(H,23,28)(H,24,26). The predicted molar refractivity (Wildman–Crippen MR) is 108 cm³/mol. The number of hydrogen-bond acceptors (Lipinski definition) is 6. The van der Waals surface area contributed by atoms with Gasteiger partial charge in [0.05, 0.1) is 18.1 Å². The van der Waals surface area contributed by atoms with Crippen molar-refractivity contribution in [1.82, 2.24) is 31.0 Å². The Morgan fingerprint density at radius 1 is 1.07 bits per heavy atom. The number of fused-ring (bicyclic) bond motifs is 1. The van der Waals surface area contributed by atoms with E-state index in [1.807, 2.05) is 36.4 Å². The minimum absolute atomic E-state index is 0.0346. The van der Waals surface area contributed by atoms with E-state index in [9.17, 15) is 9.59 Å². The van der Waals surface area contributed by atoms with E-state index in [-0.39, 0.29) is 18.2 Å². The highest BCUT2D eigenvalue weighted by Gasteiger charge is 2.12. The Balaban J connectivity index is 1.22. The fourth-order valence-electron chi connectivity index (χ4n) is 2.93. The molecule has 152 valence electrons. The fourth-order valence-corrected chi connectivity index (χ4v) is 2.93. The van der Waals surface area contributed by atoms with Crippen molar-refractivity contribution >= 4 is 22.7 Å². The molecular formula is C21H20N6O3. The quantitative estimate of drug-likeness (QED) is 0.411. The number of amides is 2. The zero-order chi connectivity index (χ0) is 20.8. The zero-order valence-corrected chi connectivity index (χ0v) is 16.1. The second-order valence-electron chi connectivity index (χ2n) is 6.72. The number of hydrogen-bond donors (Lipinski definition) is 3. The van der Waals surface area contributed by atoms with Crippen LogP contribution in [0.2, 0.25) is 0 Å². The molecule has 0 unspecified atom stereocenters. The first-order chi connectivity index (χ1) is 14.7. The number of nitrogens with zero attached hydrogens (tertiary/aromatic N) is 3. The molecule has 0 saturated carbocycles. The maximum Gasteiger partial charge on any atom is 0.251 e. The molecule has 30 heavy (non-hydrogen) atoms. The number of aromatic nitrogens is 4. The smallest absolute Gasteiger partial charge is 0.251 e. The summed E-state index contributed by atoms with van der Waals surface area (Å²) in [6.07, 6.45) is 2.11. The molecule has 0 aliphatic carbocycles. The van der Waals surface area contributed by atoms with Crippen molar-refractivity contribution in [2.75, 3.05) is 6.54 Å². The fraction of sp³-hybridized carbons (Fsp3) is 0.190. The van der Waals surface area contributed by atoms with Crippen LogP contribution in [0, 0.1) is 0 Å². The monoisotopic (exact) mass is 404 g/mol. The normalized spacial score (nSPS) is 10.8. The highest BCUT2D eigenvalue weighted by atomic mass is 16.5. The Labute approximate surface area is 171 Å². The lowest BCUT2D eigenvalue weighted by Crippen LogP contribution is -2.26. The topological polar surface area (TPSA) is 126 Å². The van der Waals surface area contributed by atoms with Gasteiger partial charge in [0.15, 0.2) is 5.82 Å². The Morgan fingerprint density at radius 3 is 2.80 bits per heavy atom. The number of carbonyl (C=O) groups excluding carboxylic acids is 2. The molecule has 9 nitrogen and oxygen atoms in total. The summed E-state index contributed by atoms with van der Waals surface area (Å²) in [5, 5.41) is 17.2. The Bertz CT molecular complexity index is 1150. The van der Waals surface area contributed by atoms with Crippen molar-refractivity contribution in [1.29, 1.82) is 0 Å². The summed E-state index contributed by atoms with van der Waals surface area (Å²) < 4.78 is 5.16. The highest BCUT2D eigenvalue weighted by Crippen LogP contribution is 2.12. The lowest BCUT2D eigenvalue weighted by molar-refractivity contribution is -0.120. The largest absolute Gasteiger partial charge is 0.352 e. The molecule has 0 radical (unpaired) electrons. The van der Waals surface area contributed by atoms with E-state index < -0.39 is 0 Å². The van der Waals surface area contributed by atoms with Gasteiger partial charge in [-0.3, -0.25) is 14.7 Å². The molecule has 9 heteroatoms. The van der Waals surface area contributed by atoms with Crippen molar-refractivity contribution < 1.29 is 14.1 Å². The third kappa shape index (κ3) is 4.88. The van der Waals surface area contributed by atoms with E-state index in [1.165, 1.54) is 0 Å². The van der Waals surface area contributed by atoms with Crippen molar-refractivity contribution in [3.05, 3.63) is 77.6 Å². The number of nitrogens with one attached hydrogen (secondary N) is 3. The van der Waals surface area contributed by atoms with Gasteiger partial charge in [0, 0.05) is 30.5 Å². The van der Waals surface area contributed by atoms with E-state index in [2.05, 4.69) is 31.0 Å². The summed E-state index contributed by atoms with van der Waals surface area (Å²) in [6, 6.07) is 15.0. The molecule has 0 saturated heterocycles. The first-order valence-electron chi connectivity index (χ1n) is 9.51. The number of rotatable bonds is 8. The second-order valence-corrected chi connectivity index (χ2v) is 6.72. The van der Waals surface area contributed by atoms with Crippen LogP contribution >= 0.6 is 0 Å². The van der Waals surface area contributed by atoms with Gasteiger partial charge < -0.3 is 15.2 Å². The maximum absolute atomic E-state index is 12.3. The van der Waals surface area contributed by atoms with Crippen LogP contribution in [-0.4, -0.2) is 38.7 Å². The molecule has 2 amide bonds. The van der Waals surface area contributed by atoms with Gasteiger partial charge in [-0.05, 0) is 17.7 Å². The summed E-state index contributed by atoms with van der Waals surface area (Å²) >= 11 is 0. The molecule has 4 rings (SSSR count). The van der Waals surface area contributed by atoms with Crippen LogP contribution < -0.4 is 10.6 Å². The second kappa shape index (κ2) is 8.99. The van der Waals surface area contributed by atoms with Crippen LogP contribution in [0.25, 0.3) is 10.9 Å². The molecule has 0 aliphatic heterocycles. The molecule has 2 heterocycles. The van der Waals surface area contributed by atoms with Crippen molar-refractivity contribution in [2.45, 2.75) is 19.4 Å². The van der Waals surface area contributed by atoms with Gasteiger partial charge in [-0.25, -0.2) is 0 Å². The van der Waals surface area contributed by atoms with Gasteiger partial charge in [-0.1, -0.05) is 41.6 Å².